The summed E-state index contributed by atoms with van der Waals surface area (Å²) in [4.78, 5) is 12.0. The molecular formula is C15H15ClN2O2. The second-order valence-electron chi connectivity index (χ2n) is 5.07. The van der Waals surface area contributed by atoms with Gasteiger partial charge >= 0.3 is 0 Å². The van der Waals surface area contributed by atoms with Crippen LogP contribution < -0.4 is 10.0 Å². The van der Waals surface area contributed by atoms with Crippen molar-refractivity contribution >= 4 is 17.6 Å². The van der Waals surface area contributed by atoms with E-state index in [1.54, 1.807) is 0 Å². The van der Waals surface area contributed by atoms with Crippen molar-refractivity contribution in [3.05, 3.63) is 58.9 Å². The molecule has 1 N–H and O–H groups in total. The molecule has 0 saturated heterocycles. The Morgan fingerprint density at radius 1 is 1.40 bits per heavy atom. The molecule has 1 aromatic carbocycles. The zero-order chi connectivity index (χ0) is 14.1. The monoisotopic (exact) mass is 290 g/mol. The van der Waals surface area contributed by atoms with Crippen LogP contribution >= 0.6 is 11.6 Å². The number of nitrogens with zero attached hydrogens (tertiary/aromatic N) is 1. The van der Waals surface area contributed by atoms with Crippen LogP contribution in [-0.2, 0) is 11.3 Å². The van der Waals surface area contributed by atoms with Gasteiger partial charge in [0.2, 0.25) is 0 Å². The van der Waals surface area contributed by atoms with Crippen molar-refractivity contribution in [1.29, 1.82) is 0 Å². The van der Waals surface area contributed by atoms with Gasteiger partial charge in [0.1, 0.15) is 6.54 Å². The lowest BCUT2D eigenvalue weighted by molar-refractivity contribution is -0.924. The smallest absolute Gasteiger partial charge is 0.154 e. The summed E-state index contributed by atoms with van der Waals surface area (Å²) in [5.74, 6) is -1.02. The first kappa shape index (κ1) is 13.2. The fourth-order valence-electron chi connectivity index (χ4n) is 2.98. The summed E-state index contributed by atoms with van der Waals surface area (Å²) in [6.07, 6.45) is 2.03. The van der Waals surface area contributed by atoms with Crippen LogP contribution in [0.5, 0.6) is 0 Å². The van der Waals surface area contributed by atoms with Crippen LogP contribution in [-0.4, -0.2) is 23.6 Å². The molecular weight excluding hydrogens is 276 g/mol. The molecule has 0 saturated carbocycles. The lowest BCUT2D eigenvalue weighted by atomic mass is 10.00. The van der Waals surface area contributed by atoms with Gasteiger partial charge in [-0.05, 0) is 24.3 Å². The molecule has 3 rings (SSSR count). The van der Waals surface area contributed by atoms with Gasteiger partial charge in [0.25, 0.3) is 0 Å². The second kappa shape index (κ2) is 5.31. The number of carboxylic acid groups (broad SMARTS) is 1. The van der Waals surface area contributed by atoms with Gasteiger partial charge in [-0.3, -0.25) is 0 Å². The fraction of sp³-hybridized carbons (Fsp3) is 0.267. The number of carbonyl (C=O) groups is 1. The zero-order valence-corrected chi connectivity index (χ0v) is 11.6. The number of hydrogen-bond donors (Lipinski definition) is 1. The number of aliphatic carboxylic acids is 1. The number of benzene rings is 1. The second-order valence-corrected chi connectivity index (χ2v) is 5.51. The first-order chi connectivity index (χ1) is 9.65. The van der Waals surface area contributed by atoms with Crippen molar-refractivity contribution in [2.45, 2.75) is 12.6 Å². The standard InChI is InChI=1S/C15H15ClN2O2/c16-12-4-1-3-11(9-12)15-13-5-2-6-17(13)7-8-18(15)10-14(19)20/h1-6,9,15H,7-8,10H2,(H,19,20)/t15-/m0/s1. The van der Waals surface area contributed by atoms with E-state index in [9.17, 15) is 9.90 Å². The summed E-state index contributed by atoms with van der Waals surface area (Å²) >= 11 is 6.07. The highest BCUT2D eigenvalue weighted by molar-refractivity contribution is 6.30. The summed E-state index contributed by atoms with van der Waals surface area (Å²) in [5, 5.41) is 11.7. The van der Waals surface area contributed by atoms with Crippen molar-refractivity contribution in [2.24, 2.45) is 0 Å². The van der Waals surface area contributed by atoms with Crippen LogP contribution in [0.1, 0.15) is 17.3 Å². The maximum atomic E-state index is 11.0. The van der Waals surface area contributed by atoms with Crippen LogP contribution in [0.25, 0.3) is 0 Å². The van der Waals surface area contributed by atoms with Crippen LogP contribution in [0.2, 0.25) is 5.02 Å². The quantitative estimate of drug-likeness (QED) is 0.857. The molecule has 104 valence electrons. The molecule has 0 bridgehead atoms. The molecule has 1 aromatic heterocycles. The SMILES string of the molecule is O=C([O-])C[NH+]1CCn2cccc2[C@@H]1c1cccc(Cl)c1. The zero-order valence-electron chi connectivity index (χ0n) is 10.9. The number of carboxylic acids is 1. The highest BCUT2D eigenvalue weighted by Crippen LogP contribution is 2.24. The minimum Gasteiger partial charge on any atom is -0.544 e. The first-order valence-corrected chi connectivity index (χ1v) is 6.98. The molecule has 4 nitrogen and oxygen atoms in total. The minimum atomic E-state index is -1.02. The Morgan fingerprint density at radius 2 is 2.25 bits per heavy atom. The molecule has 0 aliphatic carbocycles. The average molecular weight is 291 g/mol. The lowest BCUT2D eigenvalue weighted by Gasteiger charge is -2.34. The molecule has 2 aromatic rings. The van der Waals surface area contributed by atoms with E-state index in [2.05, 4.69) is 4.57 Å². The third-order valence-corrected chi connectivity index (χ3v) is 4.03. The van der Waals surface area contributed by atoms with Crippen LogP contribution in [0.15, 0.2) is 42.6 Å². The normalized spacial score (nSPS) is 21.4. The number of nitrogens with one attached hydrogen (secondary N) is 1. The first-order valence-electron chi connectivity index (χ1n) is 6.60. The van der Waals surface area contributed by atoms with Gasteiger partial charge in [-0.25, -0.2) is 0 Å². The lowest BCUT2D eigenvalue weighted by Crippen LogP contribution is -3.15. The molecule has 2 heterocycles. The molecule has 0 spiro atoms. The van der Waals surface area contributed by atoms with Gasteiger partial charge in [0, 0.05) is 16.8 Å². The molecule has 0 amide bonds. The molecule has 20 heavy (non-hydrogen) atoms. The Labute approximate surface area is 122 Å². The summed E-state index contributed by atoms with van der Waals surface area (Å²) < 4.78 is 2.17. The van der Waals surface area contributed by atoms with E-state index in [0.29, 0.717) is 5.02 Å². The topological polar surface area (TPSA) is 49.5 Å². The Bertz CT molecular complexity index is 638. The number of fused-ring (bicyclic) bond motifs is 1. The molecule has 0 fully saturated rings. The van der Waals surface area contributed by atoms with E-state index in [0.717, 1.165) is 29.2 Å². The van der Waals surface area contributed by atoms with E-state index >= 15 is 0 Å². The Hall–Kier alpha value is -1.78. The number of halogens is 1. The van der Waals surface area contributed by atoms with E-state index in [1.165, 1.54) is 0 Å². The van der Waals surface area contributed by atoms with Gasteiger partial charge in [-0.15, -0.1) is 0 Å². The van der Waals surface area contributed by atoms with Crippen molar-refractivity contribution in [3.63, 3.8) is 0 Å². The minimum absolute atomic E-state index is 0.00234. The maximum Gasteiger partial charge on any atom is 0.154 e. The number of aromatic nitrogens is 1. The number of carbonyl (C=O) groups excluding carboxylic acids is 1. The third-order valence-electron chi connectivity index (χ3n) is 3.80. The Kier molecular flexibility index (Phi) is 3.51. The van der Waals surface area contributed by atoms with Crippen molar-refractivity contribution < 1.29 is 14.8 Å². The molecule has 5 heteroatoms. The van der Waals surface area contributed by atoms with Gasteiger partial charge in [-0.2, -0.15) is 0 Å². The number of hydrogen-bond acceptors (Lipinski definition) is 2. The van der Waals surface area contributed by atoms with E-state index in [1.807, 2.05) is 42.6 Å². The summed E-state index contributed by atoms with van der Waals surface area (Å²) in [7, 11) is 0. The fourth-order valence-corrected chi connectivity index (χ4v) is 3.18. The van der Waals surface area contributed by atoms with Gasteiger partial charge in [-0.1, -0.05) is 23.7 Å². The number of rotatable bonds is 3. The average Bonchev–Trinajstić information content (AvgIpc) is 2.86. The summed E-state index contributed by atoms with van der Waals surface area (Å²) in [5.41, 5.74) is 2.16. The summed E-state index contributed by atoms with van der Waals surface area (Å²) in [6, 6.07) is 11.6. The third kappa shape index (κ3) is 2.44. The van der Waals surface area contributed by atoms with E-state index in [-0.39, 0.29) is 12.6 Å². The van der Waals surface area contributed by atoms with Crippen LogP contribution in [0, 0.1) is 0 Å². The maximum absolute atomic E-state index is 11.0. The predicted octanol–water partition coefficient (Wildman–Crippen LogP) is -0.121. The van der Waals surface area contributed by atoms with E-state index < -0.39 is 5.97 Å². The Morgan fingerprint density at radius 3 is 3.00 bits per heavy atom. The van der Waals surface area contributed by atoms with E-state index in [4.69, 9.17) is 11.6 Å². The van der Waals surface area contributed by atoms with Gasteiger partial charge in [0.15, 0.2) is 6.04 Å². The van der Waals surface area contributed by atoms with Crippen LogP contribution in [0.3, 0.4) is 0 Å². The largest absolute Gasteiger partial charge is 0.544 e. The predicted molar refractivity (Wildman–Crippen MR) is 73.4 cm³/mol. The molecule has 2 atom stereocenters. The molecule has 1 aliphatic rings. The molecule has 0 radical (unpaired) electrons. The highest BCUT2D eigenvalue weighted by Gasteiger charge is 2.32. The molecule has 1 unspecified atom stereocenters. The highest BCUT2D eigenvalue weighted by atomic mass is 35.5. The number of quaternary nitrogens is 1. The summed E-state index contributed by atoms with van der Waals surface area (Å²) in [6.45, 7) is 1.58. The van der Waals surface area contributed by atoms with Crippen molar-refractivity contribution in [3.8, 4) is 0 Å². The van der Waals surface area contributed by atoms with Gasteiger partial charge < -0.3 is 19.4 Å². The van der Waals surface area contributed by atoms with Crippen LogP contribution in [0.4, 0.5) is 0 Å². The molecule has 1 aliphatic heterocycles. The van der Waals surface area contributed by atoms with Crippen molar-refractivity contribution in [2.75, 3.05) is 13.1 Å². The van der Waals surface area contributed by atoms with Gasteiger partial charge in [0.05, 0.1) is 24.8 Å². The van der Waals surface area contributed by atoms with Crippen molar-refractivity contribution in [1.82, 2.24) is 4.57 Å². The Balaban J connectivity index is 2.04.